The molecular weight excluding hydrogens is 322 g/mol. The first-order valence-electron chi connectivity index (χ1n) is 4.69. The van der Waals surface area contributed by atoms with Gasteiger partial charge in [0, 0.05) is 5.56 Å². The number of oxime groups is 1. The molecule has 0 fully saturated rings. The molecule has 2 rings (SSSR count). The van der Waals surface area contributed by atoms with Gasteiger partial charge in [-0.15, -0.1) is 0 Å². The number of anilines is 1. The fourth-order valence-electron chi connectivity index (χ4n) is 1.72. The van der Waals surface area contributed by atoms with Gasteiger partial charge in [-0.2, -0.15) is 0 Å². The Labute approximate surface area is 160 Å². The standard InChI is InChI=1S/C10H6Cl2N2O4.K/c11-5-2-1-4-8(13-18)10(17)14(3-6(15)16)9(4)7(5)12;/h1-2,18H,3H2,(H,15,16);/q;+1/p-1. The van der Waals surface area contributed by atoms with Crippen LogP contribution in [0.15, 0.2) is 17.3 Å². The molecule has 0 aromatic heterocycles. The third kappa shape index (κ3) is 2.97. The third-order valence-electron chi connectivity index (χ3n) is 2.43. The van der Waals surface area contributed by atoms with Gasteiger partial charge in [0.2, 0.25) is 0 Å². The number of carboxylic acids is 1. The van der Waals surface area contributed by atoms with Gasteiger partial charge >= 0.3 is 51.4 Å². The summed E-state index contributed by atoms with van der Waals surface area (Å²) >= 11 is 11.7. The summed E-state index contributed by atoms with van der Waals surface area (Å²) in [5.74, 6) is -2.25. The number of carbonyl (C=O) groups is 2. The van der Waals surface area contributed by atoms with Crippen molar-refractivity contribution in [1.82, 2.24) is 0 Å². The van der Waals surface area contributed by atoms with E-state index < -0.39 is 18.4 Å². The normalized spacial score (nSPS) is 15.4. The predicted octanol–water partition coefficient (Wildman–Crippen LogP) is -2.73. The van der Waals surface area contributed by atoms with Crippen molar-refractivity contribution in [2.45, 2.75) is 0 Å². The Morgan fingerprint density at radius 2 is 2.05 bits per heavy atom. The van der Waals surface area contributed by atoms with Crippen LogP contribution in [0.2, 0.25) is 10.0 Å². The maximum Gasteiger partial charge on any atom is 1.00 e. The molecule has 1 aromatic carbocycles. The van der Waals surface area contributed by atoms with Gasteiger partial charge in [-0.25, -0.2) is 0 Å². The Kier molecular flexibility index (Phi) is 5.81. The number of fused-ring (bicyclic) bond motifs is 1. The minimum atomic E-state index is -1.47. The molecular formula is C10H5Cl2KN2O4. The number of carboxylic acid groups (broad SMARTS) is 1. The predicted molar refractivity (Wildman–Crippen MR) is 62.1 cm³/mol. The largest absolute Gasteiger partial charge is 1.00 e. The molecule has 0 saturated heterocycles. The zero-order valence-electron chi connectivity index (χ0n) is 9.68. The Morgan fingerprint density at radius 3 is 2.58 bits per heavy atom. The number of rotatable bonds is 2. The van der Waals surface area contributed by atoms with Crippen molar-refractivity contribution in [2.75, 3.05) is 11.4 Å². The fraction of sp³-hybridized carbons (Fsp3) is 0.100. The van der Waals surface area contributed by atoms with Crippen LogP contribution in [0.25, 0.3) is 0 Å². The van der Waals surface area contributed by atoms with Gasteiger partial charge in [0.05, 0.1) is 28.2 Å². The molecule has 0 spiro atoms. The zero-order valence-corrected chi connectivity index (χ0v) is 14.3. The van der Waals surface area contributed by atoms with E-state index in [4.69, 9.17) is 28.4 Å². The molecule has 1 N–H and O–H groups in total. The van der Waals surface area contributed by atoms with Crippen LogP contribution in [0.5, 0.6) is 0 Å². The molecule has 0 aliphatic carbocycles. The van der Waals surface area contributed by atoms with Crippen LogP contribution in [0, 0.1) is 0 Å². The van der Waals surface area contributed by atoms with Crippen LogP contribution in [-0.2, 0) is 9.59 Å². The monoisotopic (exact) mass is 326 g/mol. The maximum atomic E-state index is 11.8. The molecule has 94 valence electrons. The van der Waals surface area contributed by atoms with Crippen molar-refractivity contribution in [3.8, 4) is 0 Å². The van der Waals surface area contributed by atoms with E-state index in [0.29, 0.717) is 0 Å². The quantitative estimate of drug-likeness (QED) is 0.363. The van der Waals surface area contributed by atoms with Crippen LogP contribution in [0.3, 0.4) is 0 Å². The van der Waals surface area contributed by atoms with Gasteiger partial charge in [0.25, 0.3) is 5.91 Å². The summed E-state index contributed by atoms with van der Waals surface area (Å²) in [6.45, 7) is -0.703. The van der Waals surface area contributed by atoms with Gasteiger partial charge in [0.15, 0.2) is 5.71 Å². The second-order valence-electron chi connectivity index (χ2n) is 3.47. The molecule has 1 amide bonds. The van der Waals surface area contributed by atoms with E-state index in [1.54, 1.807) is 0 Å². The summed E-state index contributed by atoms with van der Waals surface area (Å²) in [6, 6.07) is 2.84. The Bertz CT molecular complexity index is 591. The number of aliphatic carboxylic acids is 1. The minimum absolute atomic E-state index is 0. The number of hydrogen-bond donors (Lipinski definition) is 1. The minimum Gasteiger partial charge on any atom is -0.548 e. The first kappa shape index (κ1) is 16.9. The van der Waals surface area contributed by atoms with Gasteiger partial charge in [-0.1, -0.05) is 28.4 Å². The van der Waals surface area contributed by atoms with Crippen LogP contribution >= 0.6 is 23.2 Å². The number of carbonyl (C=O) groups excluding carboxylic acids is 2. The van der Waals surface area contributed by atoms with E-state index in [0.717, 1.165) is 4.90 Å². The third-order valence-corrected chi connectivity index (χ3v) is 3.22. The second kappa shape index (κ2) is 6.53. The first-order chi connectivity index (χ1) is 8.47. The van der Waals surface area contributed by atoms with E-state index in [9.17, 15) is 14.7 Å². The van der Waals surface area contributed by atoms with Crippen LogP contribution in [0.4, 0.5) is 5.69 Å². The van der Waals surface area contributed by atoms with Gasteiger partial charge in [-0.3, -0.25) is 9.69 Å². The average molecular weight is 327 g/mol. The van der Waals surface area contributed by atoms with E-state index >= 15 is 0 Å². The van der Waals surface area contributed by atoms with Crippen LogP contribution < -0.4 is 61.4 Å². The summed E-state index contributed by atoms with van der Waals surface area (Å²) in [5, 5.41) is 22.4. The summed E-state index contributed by atoms with van der Waals surface area (Å²) in [5.41, 5.74) is 0.0362. The van der Waals surface area contributed by atoms with E-state index in [2.05, 4.69) is 5.16 Å². The van der Waals surface area contributed by atoms with Crippen molar-refractivity contribution >= 4 is 46.5 Å². The Morgan fingerprint density at radius 1 is 1.42 bits per heavy atom. The molecule has 0 radical (unpaired) electrons. The number of hydrogen-bond acceptors (Lipinski definition) is 5. The summed E-state index contributed by atoms with van der Waals surface area (Å²) in [6.07, 6.45) is 0. The van der Waals surface area contributed by atoms with E-state index in [1.807, 2.05) is 0 Å². The molecule has 9 heteroatoms. The van der Waals surface area contributed by atoms with E-state index in [1.165, 1.54) is 12.1 Å². The van der Waals surface area contributed by atoms with Crippen LogP contribution in [0.1, 0.15) is 5.56 Å². The molecule has 1 heterocycles. The van der Waals surface area contributed by atoms with Crippen molar-refractivity contribution in [3.63, 3.8) is 0 Å². The average Bonchev–Trinajstić information content (AvgIpc) is 2.57. The number of halogens is 2. The smallest absolute Gasteiger partial charge is 0.548 e. The maximum absolute atomic E-state index is 11.8. The molecule has 0 saturated carbocycles. The van der Waals surface area contributed by atoms with Gasteiger partial charge < -0.3 is 15.1 Å². The Hall–Kier alpha value is -0.154. The topological polar surface area (TPSA) is 93.0 Å². The molecule has 6 nitrogen and oxygen atoms in total. The van der Waals surface area contributed by atoms with Crippen molar-refractivity contribution in [1.29, 1.82) is 0 Å². The van der Waals surface area contributed by atoms with Crippen molar-refractivity contribution in [3.05, 3.63) is 27.7 Å². The number of amides is 1. The fourth-order valence-corrected chi connectivity index (χ4v) is 2.14. The second-order valence-corrected chi connectivity index (χ2v) is 4.25. The Balaban J connectivity index is 0.00000180. The molecule has 0 unspecified atom stereocenters. The molecule has 1 aliphatic rings. The van der Waals surface area contributed by atoms with E-state index in [-0.39, 0.29) is 78.4 Å². The van der Waals surface area contributed by atoms with Crippen LogP contribution in [-0.4, -0.2) is 29.3 Å². The summed E-state index contributed by atoms with van der Waals surface area (Å²) < 4.78 is 0. The van der Waals surface area contributed by atoms with Crippen molar-refractivity contribution < 1.29 is 71.3 Å². The number of nitrogens with zero attached hydrogens (tertiary/aromatic N) is 2. The van der Waals surface area contributed by atoms with Crippen molar-refractivity contribution in [2.24, 2.45) is 5.16 Å². The SMILES string of the molecule is O=C([O-])CN1C(=O)C(=NO)c2ccc(Cl)c(Cl)c21.[K+]. The number of benzene rings is 1. The summed E-state index contributed by atoms with van der Waals surface area (Å²) in [7, 11) is 0. The van der Waals surface area contributed by atoms with Gasteiger partial charge in [0.1, 0.15) is 0 Å². The molecule has 0 atom stereocenters. The molecule has 1 aliphatic heterocycles. The summed E-state index contributed by atoms with van der Waals surface area (Å²) in [4.78, 5) is 23.3. The first-order valence-corrected chi connectivity index (χ1v) is 5.45. The van der Waals surface area contributed by atoms with Gasteiger partial charge in [-0.05, 0) is 12.1 Å². The molecule has 1 aromatic rings. The zero-order chi connectivity index (χ0) is 13.4. The molecule has 19 heavy (non-hydrogen) atoms. The molecule has 0 bridgehead atoms.